The fraction of sp³-hybridized carbons (Fsp3) is 0.143. The van der Waals surface area contributed by atoms with Crippen LogP contribution in [-0.4, -0.2) is 28.5 Å². The molecule has 0 aliphatic rings. The molecule has 1 heterocycles. The normalized spacial score (nSPS) is 11.5. The number of halogens is 5. The number of ether oxygens (including phenoxy) is 2. The first-order valence-corrected chi connectivity index (χ1v) is 15.1. The Balaban J connectivity index is 1.31. The molecule has 0 radical (unpaired) electrons. The smallest absolute Gasteiger partial charge is 0.494 e. The molecule has 0 unspecified atom stereocenters. The summed E-state index contributed by atoms with van der Waals surface area (Å²) in [4.78, 5) is 20.0. The van der Waals surface area contributed by atoms with Crippen LogP contribution >= 0.6 is 23.2 Å². The minimum absolute atomic E-state index is 0.188. The fourth-order valence-electron chi connectivity index (χ4n) is 4.68. The Morgan fingerprint density at radius 1 is 0.872 bits per heavy atom. The van der Waals surface area contributed by atoms with Crippen LogP contribution in [0.3, 0.4) is 0 Å². The molecular formula is C35H28Cl2F3N3O4. The second-order valence-electron chi connectivity index (χ2n) is 10.3. The Morgan fingerprint density at radius 3 is 2.17 bits per heavy atom. The number of hydrogen-bond acceptors (Lipinski definition) is 6. The number of hydrogen-bond donors (Lipinski definition) is 1. The third kappa shape index (κ3) is 9.62. The van der Waals surface area contributed by atoms with Gasteiger partial charge in [-0.25, -0.2) is 4.98 Å². The Labute approximate surface area is 278 Å². The molecule has 12 heteroatoms. The maximum atomic E-state index is 12.6. The minimum Gasteiger partial charge on any atom is -0.494 e. The molecule has 0 aliphatic carbocycles. The summed E-state index contributed by atoms with van der Waals surface area (Å²) in [6.45, 7) is 0.703. The molecule has 4 aromatic carbocycles. The van der Waals surface area contributed by atoms with Crippen molar-refractivity contribution < 1.29 is 32.3 Å². The largest absolute Gasteiger partial charge is 0.573 e. The average molecular weight is 683 g/mol. The van der Waals surface area contributed by atoms with E-state index in [1.165, 1.54) is 12.1 Å². The first-order valence-electron chi connectivity index (χ1n) is 14.3. The van der Waals surface area contributed by atoms with E-state index >= 15 is 0 Å². The number of alkyl halides is 3. The van der Waals surface area contributed by atoms with Gasteiger partial charge in [-0.1, -0.05) is 77.8 Å². The predicted molar refractivity (Wildman–Crippen MR) is 176 cm³/mol. The molecule has 0 atom stereocenters. The van der Waals surface area contributed by atoms with E-state index in [0.717, 1.165) is 22.3 Å². The van der Waals surface area contributed by atoms with Crippen molar-refractivity contribution in [2.75, 3.05) is 6.61 Å². The summed E-state index contributed by atoms with van der Waals surface area (Å²) >= 11 is 12.6. The molecule has 5 aromatic rings. The molecule has 0 spiro atoms. The molecule has 242 valence electrons. The van der Waals surface area contributed by atoms with Gasteiger partial charge in [0.15, 0.2) is 0 Å². The van der Waals surface area contributed by atoms with Crippen LogP contribution in [0.15, 0.2) is 97.2 Å². The zero-order valence-electron chi connectivity index (χ0n) is 24.7. The maximum absolute atomic E-state index is 12.6. The van der Waals surface area contributed by atoms with Crippen molar-refractivity contribution in [2.45, 2.75) is 25.7 Å². The van der Waals surface area contributed by atoms with Gasteiger partial charge < -0.3 is 18.9 Å². The lowest BCUT2D eigenvalue weighted by Crippen LogP contribution is -2.17. The lowest BCUT2D eigenvalue weighted by Gasteiger charge is -2.10. The Morgan fingerprint density at radius 2 is 1.53 bits per heavy atom. The van der Waals surface area contributed by atoms with E-state index in [1.807, 2.05) is 71.4 Å². The zero-order valence-corrected chi connectivity index (χ0v) is 26.2. The van der Waals surface area contributed by atoms with Crippen LogP contribution in [0.1, 0.15) is 29.8 Å². The number of rotatable bonds is 12. The first kappa shape index (κ1) is 33.6. The highest BCUT2D eigenvalue weighted by Crippen LogP contribution is 2.31. The SMILES string of the molecule is NOC(=O)CCCOc1ccc(-c2ccc(/C=C/c3nc(-c4ccc(Cl)cc4Cl)cn3Cc3ccc(OC(F)(F)F)cc3)cc2)cc1. The van der Waals surface area contributed by atoms with Gasteiger partial charge in [-0.2, -0.15) is 5.90 Å². The number of imidazole rings is 1. The van der Waals surface area contributed by atoms with E-state index in [0.29, 0.717) is 52.4 Å². The Kier molecular flexibility index (Phi) is 10.9. The van der Waals surface area contributed by atoms with Crippen LogP contribution in [0.5, 0.6) is 11.5 Å². The lowest BCUT2D eigenvalue weighted by molar-refractivity contribution is -0.274. The number of aromatic nitrogens is 2. The van der Waals surface area contributed by atoms with Crippen molar-refractivity contribution in [1.82, 2.24) is 9.55 Å². The second kappa shape index (κ2) is 15.2. The summed E-state index contributed by atoms with van der Waals surface area (Å²) in [6.07, 6.45) is 1.54. The third-order valence-electron chi connectivity index (χ3n) is 6.97. The summed E-state index contributed by atoms with van der Waals surface area (Å²) in [7, 11) is 0. The van der Waals surface area contributed by atoms with E-state index in [1.54, 1.807) is 30.3 Å². The quantitative estimate of drug-likeness (QED) is 0.104. The molecule has 7 nitrogen and oxygen atoms in total. The first-order chi connectivity index (χ1) is 22.6. The average Bonchev–Trinajstić information content (AvgIpc) is 3.44. The van der Waals surface area contributed by atoms with E-state index in [-0.39, 0.29) is 12.2 Å². The van der Waals surface area contributed by atoms with Crippen LogP contribution in [-0.2, 0) is 16.2 Å². The van der Waals surface area contributed by atoms with Gasteiger partial charge in [-0.15, -0.1) is 13.2 Å². The lowest BCUT2D eigenvalue weighted by atomic mass is 10.0. The molecule has 1 aromatic heterocycles. The highest BCUT2D eigenvalue weighted by molar-refractivity contribution is 6.36. The van der Waals surface area contributed by atoms with Gasteiger partial charge in [0, 0.05) is 23.3 Å². The van der Waals surface area contributed by atoms with E-state index in [2.05, 4.69) is 9.57 Å². The van der Waals surface area contributed by atoms with Crippen LogP contribution in [0.2, 0.25) is 10.0 Å². The van der Waals surface area contributed by atoms with Gasteiger partial charge in [0.2, 0.25) is 0 Å². The summed E-state index contributed by atoms with van der Waals surface area (Å²) in [6, 6.07) is 26.5. The molecule has 0 bridgehead atoms. The number of carbonyl (C=O) groups excluding carboxylic acids is 1. The predicted octanol–water partition coefficient (Wildman–Crippen LogP) is 9.22. The van der Waals surface area contributed by atoms with Crippen LogP contribution < -0.4 is 15.4 Å². The topological polar surface area (TPSA) is 88.6 Å². The van der Waals surface area contributed by atoms with Crippen molar-refractivity contribution in [3.8, 4) is 33.9 Å². The van der Waals surface area contributed by atoms with Gasteiger partial charge in [0.05, 0.1) is 23.7 Å². The van der Waals surface area contributed by atoms with E-state index < -0.39 is 12.3 Å². The van der Waals surface area contributed by atoms with Crippen molar-refractivity contribution in [3.63, 3.8) is 0 Å². The standard InChI is InChI=1S/C35H28Cl2F3N3O4/c36-27-12-17-30(31(37)20-27)32-22-43(21-24-5-13-29(14-6-24)46-35(38,39)40)33(42-32)18-7-23-3-8-25(9-4-23)26-10-15-28(16-11-26)45-19-1-2-34(44)47-41/h3-18,20,22H,1-2,19,21,41H2/b18-7+. The number of benzene rings is 4. The molecule has 0 saturated heterocycles. The van der Waals surface area contributed by atoms with Crippen LogP contribution in [0.25, 0.3) is 34.5 Å². The molecule has 0 aliphatic heterocycles. The number of carbonyl (C=O) groups is 1. The minimum atomic E-state index is -4.76. The molecule has 0 fully saturated rings. The third-order valence-corrected chi connectivity index (χ3v) is 7.52. The van der Waals surface area contributed by atoms with Crippen molar-refractivity contribution >= 4 is 41.3 Å². The monoisotopic (exact) mass is 681 g/mol. The summed E-state index contributed by atoms with van der Waals surface area (Å²) < 4.78 is 49.4. The van der Waals surface area contributed by atoms with Crippen molar-refractivity contribution in [2.24, 2.45) is 5.90 Å². The molecule has 5 rings (SSSR count). The van der Waals surface area contributed by atoms with Gasteiger partial charge in [0.1, 0.15) is 17.3 Å². The highest BCUT2D eigenvalue weighted by Gasteiger charge is 2.31. The summed E-state index contributed by atoms with van der Waals surface area (Å²) in [5.41, 5.74) is 5.00. The fourth-order valence-corrected chi connectivity index (χ4v) is 5.18. The van der Waals surface area contributed by atoms with E-state index in [4.69, 9.17) is 38.8 Å². The van der Waals surface area contributed by atoms with Gasteiger partial charge in [-0.3, -0.25) is 4.79 Å². The number of nitrogens with zero attached hydrogens (tertiary/aromatic N) is 2. The summed E-state index contributed by atoms with van der Waals surface area (Å²) in [5.74, 6) is 5.36. The molecule has 2 N–H and O–H groups in total. The van der Waals surface area contributed by atoms with Gasteiger partial charge >= 0.3 is 12.3 Å². The maximum Gasteiger partial charge on any atom is 0.573 e. The highest BCUT2D eigenvalue weighted by atomic mass is 35.5. The summed E-state index contributed by atoms with van der Waals surface area (Å²) in [5, 5.41) is 0.937. The van der Waals surface area contributed by atoms with Crippen molar-refractivity contribution in [3.05, 3.63) is 124 Å². The van der Waals surface area contributed by atoms with Crippen LogP contribution in [0.4, 0.5) is 13.2 Å². The van der Waals surface area contributed by atoms with Gasteiger partial charge in [-0.05, 0) is 77.2 Å². The second-order valence-corrected chi connectivity index (χ2v) is 11.2. The molecule has 47 heavy (non-hydrogen) atoms. The Hall–Kier alpha value is -4.77. The molecular weight excluding hydrogens is 654 g/mol. The molecule has 0 saturated carbocycles. The van der Waals surface area contributed by atoms with Crippen molar-refractivity contribution in [1.29, 1.82) is 0 Å². The zero-order chi connectivity index (χ0) is 33.4. The molecule has 0 amide bonds. The number of nitrogens with two attached hydrogens (primary N) is 1. The van der Waals surface area contributed by atoms with Gasteiger partial charge in [0.25, 0.3) is 0 Å². The van der Waals surface area contributed by atoms with E-state index in [9.17, 15) is 18.0 Å². The Bertz CT molecular complexity index is 1840. The van der Waals surface area contributed by atoms with Crippen LogP contribution in [0, 0.1) is 0 Å².